The maximum Gasteiger partial charge on any atom is 0.330 e. The van der Waals surface area contributed by atoms with E-state index < -0.39 is 11.5 Å². The van der Waals surface area contributed by atoms with Crippen molar-refractivity contribution < 1.29 is 14.7 Å². The Bertz CT molecular complexity index is 317. The Hall–Kier alpha value is -1.10. The molecule has 0 saturated carbocycles. The number of amides is 1. The molecule has 1 rings (SSSR count). The van der Waals surface area contributed by atoms with Crippen molar-refractivity contribution in [2.24, 2.45) is 5.92 Å². The fraction of sp³-hybridized carbons (Fsp3) is 0.833. The third-order valence-corrected chi connectivity index (χ3v) is 3.60. The normalized spacial score (nSPS) is 29.1. The van der Waals surface area contributed by atoms with Crippen LogP contribution in [0, 0.1) is 5.92 Å². The minimum absolute atomic E-state index is 0.0972. The molecule has 0 aliphatic carbocycles. The molecule has 17 heavy (non-hydrogen) atoms. The van der Waals surface area contributed by atoms with Crippen LogP contribution < -0.4 is 5.32 Å². The van der Waals surface area contributed by atoms with Crippen LogP contribution in [0.2, 0.25) is 0 Å². The van der Waals surface area contributed by atoms with Gasteiger partial charge in [0.1, 0.15) is 5.54 Å². The summed E-state index contributed by atoms with van der Waals surface area (Å²) in [6.07, 6.45) is 0.460. The van der Waals surface area contributed by atoms with E-state index in [0.29, 0.717) is 19.5 Å². The van der Waals surface area contributed by atoms with Crippen molar-refractivity contribution in [2.45, 2.75) is 45.7 Å². The van der Waals surface area contributed by atoms with Crippen molar-refractivity contribution in [2.75, 3.05) is 13.1 Å². The van der Waals surface area contributed by atoms with E-state index in [1.165, 1.54) is 11.8 Å². The summed E-state index contributed by atoms with van der Waals surface area (Å²) in [5, 5.41) is 12.8. The fourth-order valence-electron chi connectivity index (χ4n) is 2.90. The number of carbonyl (C=O) groups excluding carboxylic acids is 1. The Kier molecular flexibility index (Phi) is 4.14. The van der Waals surface area contributed by atoms with E-state index in [0.717, 1.165) is 0 Å². The summed E-state index contributed by atoms with van der Waals surface area (Å²) in [4.78, 5) is 25.0. The van der Waals surface area contributed by atoms with Gasteiger partial charge in [0.05, 0.1) is 0 Å². The van der Waals surface area contributed by atoms with Gasteiger partial charge in [0.25, 0.3) is 0 Å². The van der Waals surface area contributed by atoms with Crippen LogP contribution in [0.4, 0.5) is 0 Å². The van der Waals surface area contributed by atoms with Gasteiger partial charge in [-0.15, -0.1) is 0 Å². The summed E-state index contributed by atoms with van der Waals surface area (Å²) in [5.74, 6) is -1.16. The molecule has 98 valence electrons. The van der Waals surface area contributed by atoms with E-state index in [2.05, 4.69) is 5.32 Å². The Balaban J connectivity index is 3.21. The maximum atomic E-state index is 11.8. The first-order valence-corrected chi connectivity index (χ1v) is 6.08. The number of nitrogens with one attached hydrogen (secondary N) is 1. The highest BCUT2D eigenvalue weighted by molar-refractivity contribution is 5.86. The standard InChI is InChI=1S/C12H22N2O3/c1-8(2)14(10(4)15)12(11(16)17)5-6-13-7-9(12)3/h8-9,13H,5-7H2,1-4H3,(H,16,17). The lowest BCUT2D eigenvalue weighted by molar-refractivity contribution is -0.167. The van der Waals surface area contributed by atoms with Gasteiger partial charge < -0.3 is 15.3 Å². The highest BCUT2D eigenvalue weighted by Crippen LogP contribution is 2.33. The van der Waals surface area contributed by atoms with E-state index in [1.54, 1.807) is 0 Å². The van der Waals surface area contributed by atoms with Crippen molar-refractivity contribution in [3.63, 3.8) is 0 Å². The largest absolute Gasteiger partial charge is 0.479 e. The topological polar surface area (TPSA) is 69.6 Å². The van der Waals surface area contributed by atoms with Crippen LogP contribution in [0.1, 0.15) is 34.1 Å². The first-order chi connectivity index (χ1) is 7.84. The molecule has 1 saturated heterocycles. The van der Waals surface area contributed by atoms with E-state index in [4.69, 9.17) is 0 Å². The average molecular weight is 242 g/mol. The summed E-state index contributed by atoms with van der Waals surface area (Å²) >= 11 is 0. The molecule has 1 amide bonds. The van der Waals surface area contributed by atoms with Crippen LogP contribution in [-0.2, 0) is 9.59 Å². The number of carboxylic acid groups (broad SMARTS) is 1. The molecule has 0 aromatic carbocycles. The number of carboxylic acids is 1. The van der Waals surface area contributed by atoms with Crippen molar-refractivity contribution in [3.8, 4) is 0 Å². The number of carbonyl (C=O) groups is 2. The molecule has 2 unspecified atom stereocenters. The van der Waals surface area contributed by atoms with Crippen molar-refractivity contribution in [1.29, 1.82) is 0 Å². The number of nitrogens with zero attached hydrogens (tertiary/aromatic N) is 1. The predicted molar refractivity (Wildman–Crippen MR) is 64.7 cm³/mol. The maximum absolute atomic E-state index is 11.8. The van der Waals surface area contributed by atoms with Gasteiger partial charge in [-0.1, -0.05) is 6.92 Å². The lowest BCUT2D eigenvalue weighted by Crippen LogP contribution is -2.67. The molecule has 1 heterocycles. The number of piperidine rings is 1. The van der Waals surface area contributed by atoms with Crippen molar-refractivity contribution >= 4 is 11.9 Å². The van der Waals surface area contributed by atoms with Gasteiger partial charge in [0, 0.05) is 25.4 Å². The quantitative estimate of drug-likeness (QED) is 0.764. The molecule has 1 fully saturated rings. The second-order valence-electron chi connectivity index (χ2n) is 5.07. The molecule has 5 nitrogen and oxygen atoms in total. The van der Waals surface area contributed by atoms with Crippen LogP contribution in [0.5, 0.6) is 0 Å². The summed E-state index contributed by atoms with van der Waals surface area (Å²) in [5.41, 5.74) is -1.06. The molecule has 0 aromatic heterocycles. The van der Waals surface area contributed by atoms with Gasteiger partial charge in [-0.05, 0) is 26.8 Å². The molecule has 0 aromatic rings. The molecule has 1 aliphatic rings. The lowest BCUT2D eigenvalue weighted by atomic mass is 9.77. The molecule has 5 heteroatoms. The van der Waals surface area contributed by atoms with Crippen LogP contribution in [0.3, 0.4) is 0 Å². The zero-order valence-corrected chi connectivity index (χ0v) is 11.0. The van der Waals surface area contributed by atoms with Crippen LogP contribution >= 0.6 is 0 Å². The summed E-state index contributed by atoms with van der Waals surface area (Å²) in [6.45, 7) is 8.32. The second-order valence-corrected chi connectivity index (χ2v) is 5.07. The number of hydrogen-bond acceptors (Lipinski definition) is 3. The molecular weight excluding hydrogens is 220 g/mol. The number of aliphatic carboxylic acids is 1. The smallest absolute Gasteiger partial charge is 0.330 e. The lowest BCUT2D eigenvalue weighted by Gasteiger charge is -2.48. The van der Waals surface area contributed by atoms with E-state index in [-0.39, 0.29) is 17.9 Å². The second kappa shape index (κ2) is 5.04. The van der Waals surface area contributed by atoms with E-state index in [9.17, 15) is 14.7 Å². The van der Waals surface area contributed by atoms with Crippen molar-refractivity contribution in [3.05, 3.63) is 0 Å². The molecule has 2 N–H and O–H groups in total. The summed E-state index contributed by atoms with van der Waals surface area (Å²) in [6, 6.07) is -0.107. The summed E-state index contributed by atoms with van der Waals surface area (Å²) < 4.78 is 0. The molecular formula is C12H22N2O3. The van der Waals surface area contributed by atoms with Crippen LogP contribution in [0.15, 0.2) is 0 Å². The Morgan fingerprint density at radius 2 is 2.06 bits per heavy atom. The van der Waals surface area contributed by atoms with Gasteiger partial charge >= 0.3 is 5.97 Å². The van der Waals surface area contributed by atoms with Gasteiger partial charge in [-0.3, -0.25) is 4.79 Å². The Morgan fingerprint density at radius 1 is 1.47 bits per heavy atom. The van der Waals surface area contributed by atoms with Gasteiger partial charge in [-0.2, -0.15) is 0 Å². The summed E-state index contributed by atoms with van der Waals surface area (Å²) in [7, 11) is 0. The fourth-order valence-corrected chi connectivity index (χ4v) is 2.90. The molecule has 2 atom stereocenters. The minimum atomic E-state index is -1.06. The molecule has 1 aliphatic heterocycles. The zero-order valence-electron chi connectivity index (χ0n) is 11.0. The molecule has 0 bridgehead atoms. The molecule has 0 spiro atoms. The third kappa shape index (κ3) is 2.29. The average Bonchev–Trinajstić information content (AvgIpc) is 2.19. The Morgan fingerprint density at radius 3 is 2.41 bits per heavy atom. The van der Waals surface area contributed by atoms with E-state index >= 15 is 0 Å². The van der Waals surface area contributed by atoms with Gasteiger partial charge in [0.2, 0.25) is 5.91 Å². The third-order valence-electron chi connectivity index (χ3n) is 3.60. The van der Waals surface area contributed by atoms with Crippen LogP contribution in [0.25, 0.3) is 0 Å². The highest BCUT2D eigenvalue weighted by Gasteiger charge is 2.51. The van der Waals surface area contributed by atoms with Gasteiger partial charge in [0.15, 0.2) is 0 Å². The predicted octanol–water partition coefficient (Wildman–Crippen LogP) is 0.696. The van der Waals surface area contributed by atoms with Gasteiger partial charge in [-0.25, -0.2) is 4.79 Å². The first-order valence-electron chi connectivity index (χ1n) is 6.08. The Labute approximate surface area is 102 Å². The van der Waals surface area contributed by atoms with Crippen molar-refractivity contribution in [1.82, 2.24) is 10.2 Å². The minimum Gasteiger partial charge on any atom is -0.479 e. The van der Waals surface area contributed by atoms with Crippen LogP contribution in [-0.4, -0.2) is 46.6 Å². The zero-order chi connectivity index (χ0) is 13.2. The SMILES string of the molecule is CC(=O)N(C(C)C)C1(C(=O)O)CCNCC1C. The highest BCUT2D eigenvalue weighted by atomic mass is 16.4. The number of hydrogen-bond donors (Lipinski definition) is 2. The number of rotatable bonds is 3. The monoisotopic (exact) mass is 242 g/mol. The van der Waals surface area contributed by atoms with E-state index in [1.807, 2.05) is 20.8 Å². The molecule has 0 radical (unpaired) electrons. The first kappa shape index (κ1) is 14.0.